The fourth-order valence-corrected chi connectivity index (χ4v) is 8.57. The van der Waals surface area contributed by atoms with Gasteiger partial charge in [-0.3, -0.25) is 24.0 Å². The first kappa shape index (κ1) is 69.9. The molecule has 0 radical (unpaired) electrons. The summed E-state index contributed by atoms with van der Waals surface area (Å²) in [5, 5.41) is 104. The molecule has 0 saturated carbocycles. The van der Waals surface area contributed by atoms with Crippen LogP contribution in [0, 0.1) is 23.2 Å². The summed E-state index contributed by atoms with van der Waals surface area (Å²) in [6.07, 6.45) is -11.6. The second-order valence-electron chi connectivity index (χ2n) is 21.7. The van der Waals surface area contributed by atoms with Crippen LogP contribution in [0.3, 0.4) is 0 Å². The lowest BCUT2D eigenvalue weighted by Gasteiger charge is -2.40. The Kier molecular flexibility index (Phi) is 32.1. The van der Waals surface area contributed by atoms with E-state index in [0.29, 0.717) is 25.8 Å². The van der Waals surface area contributed by atoms with Gasteiger partial charge in [-0.15, -0.1) is 0 Å². The maximum absolute atomic E-state index is 13.7. The van der Waals surface area contributed by atoms with Gasteiger partial charge >= 0.3 is 0 Å². The first-order chi connectivity index (χ1) is 37.5. The molecule has 0 aliphatic carbocycles. The van der Waals surface area contributed by atoms with E-state index in [0.717, 1.165) is 6.42 Å². The van der Waals surface area contributed by atoms with Gasteiger partial charge in [0, 0.05) is 56.8 Å². The second kappa shape index (κ2) is 36.3. The van der Waals surface area contributed by atoms with Crippen LogP contribution in [0.5, 0.6) is 0 Å². The van der Waals surface area contributed by atoms with Crippen LogP contribution in [0.25, 0.3) is 0 Å². The van der Waals surface area contributed by atoms with Crippen molar-refractivity contribution in [1.82, 2.24) is 26.6 Å². The molecule has 0 aromatic rings. The summed E-state index contributed by atoms with van der Waals surface area (Å²) in [6.45, 7) is 7.58. The Morgan fingerprint density at radius 2 is 0.759 bits per heavy atom. The molecule has 5 amide bonds. The minimum atomic E-state index is -1.63. The molecule has 0 bridgehead atoms. The molecule has 15 atom stereocenters. The van der Waals surface area contributed by atoms with Gasteiger partial charge in [0.15, 0.2) is 18.9 Å². The lowest BCUT2D eigenvalue weighted by Crippen LogP contribution is -2.59. The predicted octanol–water partition coefficient (Wildman–Crippen LogP) is -4.59. The summed E-state index contributed by atoms with van der Waals surface area (Å²) in [5.41, 5.74) is -1.63. The number of hydrogen-bond donors (Lipinski definition) is 14. The van der Waals surface area contributed by atoms with Gasteiger partial charge in [0.05, 0.1) is 77.8 Å². The van der Waals surface area contributed by atoms with E-state index in [9.17, 15) is 69.9 Å². The van der Waals surface area contributed by atoms with E-state index in [1.165, 1.54) is 0 Å². The molecule has 0 aromatic carbocycles. The Bertz CT molecular complexity index is 1630. The number of aliphatic hydroxyl groups excluding tert-OH is 9. The molecule has 6 unspecified atom stereocenters. The number of carbonyl (C=O) groups is 5. The lowest BCUT2D eigenvalue weighted by atomic mass is 9.92. The normalized spacial score (nSPS) is 30.0. The van der Waals surface area contributed by atoms with Crippen molar-refractivity contribution in [3.05, 3.63) is 0 Å². The van der Waals surface area contributed by atoms with Crippen LogP contribution >= 0.6 is 0 Å². The standard InChI is InChI=1S/C51H93N5O23/c1-30-41(65)44(68)33(21-57)77-47(30)74-18-8-14-52-38(62)24-71-27-51(56-37(61)12-7-11-36(60)55-17-13-50(4,5)6,28-72-25-39(63)53-15-9-19-75-48-31(2)42(66)45(69)34(22-58)78-48)29-73-26-40(64)54-16-10-20-76-49-32(3)43(67)46(70)35(23-59)79-49/h30-35,41-49,57-59,65-70H,7-29H2,1-6H3,(H,52,62)(H,53,63)(H,54,64)(H,55,60)(H,56,61)/t30?,31?,32?,33?,34?,35?,41-,42-,43-,44+,45+,46+,47-,48-,49-,51?/m1/s1. The molecule has 3 fully saturated rings. The molecule has 3 heterocycles. The van der Waals surface area contributed by atoms with Gasteiger partial charge in [-0.25, -0.2) is 0 Å². The first-order valence-corrected chi connectivity index (χ1v) is 27.3. The molecular weight excluding hydrogens is 1050 g/mol. The molecule has 28 heteroatoms. The molecule has 14 N–H and O–H groups in total. The van der Waals surface area contributed by atoms with Crippen molar-refractivity contribution in [3.8, 4) is 0 Å². The summed E-state index contributed by atoms with van der Waals surface area (Å²) in [4.78, 5) is 65.3. The molecule has 0 spiro atoms. The summed E-state index contributed by atoms with van der Waals surface area (Å²) in [7, 11) is 0. The highest BCUT2D eigenvalue weighted by Gasteiger charge is 2.45. The molecule has 3 aliphatic rings. The number of hydrogen-bond acceptors (Lipinski definition) is 23. The van der Waals surface area contributed by atoms with Crippen LogP contribution in [-0.4, -0.2) is 260 Å². The minimum absolute atomic E-state index is 0.00112. The van der Waals surface area contributed by atoms with Crippen molar-refractivity contribution in [3.63, 3.8) is 0 Å². The number of aliphatic hydroxyl groups is 9. The van der Waals surface area contributed by atoms with Crippen LogP contribution in [0.1, 0.15) is 86.5 Å². The third kappa shape index (κ3) is 24.9. The zero-order valence-corrected chi connectivity index (χ0v) is 46.7. The topological polar surface area (TPSA) is 411 Å². The molecule has 79 heavy (non-hydrogen) atoms. The number of nitrogens with one attached hydrogen (secondary N) is 5. The van der Waals surface area contributed by atoms with Gasteiger partial charge in [0.2, 0.25) is 29.5 Å². The van der Waals surface area contributed by atoms with Gasteiger partial charge in [-0.2, -0.15) is 0 Å². The van der Waals surface area contributed by atoms with Crippen LogP contribution in [0.15, 0.2) is 0 Å². The molecule has 3 aliphatic heterocycles. The SMILES string of the molecule is CC1[C@H](OCCCNC(=O)COCC(COCC(=O)NCCCO[C@@H]2OC(CO)[C@H](O)[C@H](O)C2C)(COCC(=O)NCCCO[C@@H]2OC(CO)[C@H](O)[C@H](O)C2C)NC(=O)CCCC(=O)NCCC(C)(C)C)OC(CO)[C@H](O)[C@@H]1O. The van der Waals surface area contributed by atoms with Gasteiger partial charge in [-0.1, -0.05) is 41.5 Å². The zero-order valence-electron chi connectivity index (χ0n) is 46.7. The average Bonchev–Trinajstić information content (AvgIpc) is 3.40. The van der Waals surface area contributed by atoms with Crippen molar-refractivity contribution in [2.75, 3.05) is 105 Å². The van der Waals surface area contributed by atoms with Crippen LogP contribution in [-0.2, 0) is 66.6 Å². The van der Waals surface area contributed by atoms with Crippen LogP contribution in [0.4, 0.5) is 0 Å². The minimum Gasteiger partial charge on any atom is -0.394 e. The summed E-state index contributed by atoms with van der Waals surface area (Å²) in [6, 6.07) is 0. The number of rotatable bonds is 37. The van der Waals surface area contributed by atoms with E-state index in [1.807, 2.05) is 20.8 Å². The summed E-state index contributed by atoms with van der Waals surface area (Å²) in [5.74, 6) is -4.32. The highest BCUT2D eigenvalue weighted by Crippen LogP contribution is 2.29. The quantitative estimate of drug-likeness (QED) is 0.0260. The van der Waals surface area contributed by atoms with E-state index in [-0.39, 0.29) is 70.0 Å². The van der Waals surface area contributed by atoms with E-state index in [1.54, 1.807) is 20.8 Å². The maximum Gasteiger partial charge on any atom is 0.246 e. The third-order valence-electron chi connectivity index (χ3n) is 13.6. The fourth-order valence-electron chi connectivity index (χ4n) is 8.57. The maximum atomic E-state index is 13.7. The van der Waals surface area contributed by atoms with Crippen molar-refractivity contribution in [2.24, 2.45) is 23.2 Å². The largest absolute Gasteiger partial charge is 0.394 e. The van der Waals surface area contributed by atoms with Gasteiger partial charge in [-0.05, 0) is 37.5 Å². The average molecular weight is 1140 g/mol. The van der Waals surface area contributed by atoms with E-state index < -0.39 is 180 Å². The Morgan fingerprint density at radius 1 is 0.443 bits per heavy atom. The van der Waals surface area contributed by atoms with Crippen molar-refractivity contribution >= 4 is 29.5 Å². The van der Waals surface area contributed by atoms with Crippen molar-refractivity contribution in [1.29, 1.82) is 0 Å². The monoisotopic (exact) mass is 1140 g/mol. The van der Waals surface area contributed by atoms with Gasteiger partial charge in [0.1, 0.15) is 62.0 Å². The molecule has 460 valence electrons. The Hall–Kier alpha value is -3.37. The van der Waals surface area contributed by atoms with Gasteiger partial charge in [0.25, 0.3) is 0 Å². The zero-order chi connectivity index (χ0) is 58.7. The Labute approximate surface area is 462 Å². The van der Waals surface area contributed by atoms with Gasteiger partial charge < -0.3 is 115 Å². The number of carbonyl (C=O) groups excluding carboxylic acids is 5. The van der Waals surface area contributed by atoms with E-state index in [2.05, 4.69) is 26.6 Å². The number of ether oxygens (including phenoxy) is 9. The molecular formula is C51H93N5O23. The highest BCUT2D eigenvalue weighted by molar-refractivity contribution is 5.80. The summed E-state index contributed by atoms with van der Waals surface area (Å²) < 4.78 is 51.4. The fraction of sp³-hybridized carbons (Fsp3) is 0.902. The first-order valence-electron chi connectivity index (χ1n) is 27.3. The Morgan fingerprint density at radius 3 is 1.08 bits per heavy atom. The smallest absolute Gasteiger partial charge is 0.246 e. The lowest BCUT2D eigenvalue weighted by molar-refractivity contribution is -0.282. The highest BCUT2D eigenvalue weighted by atomic mass is 16.7. The summed E-state index contributed by atoms with van der Waals surface area (Å²) >= 11 is 0. The van der Waals surface area contributed by atoms with Crippen LogP contribution < -0.4 is 26.6 Å². The van der Waals surface area contributed by atoms with Crippen molar-refractivity contribution in [2.45, 2.75) is 166 Å². The third-order valence-corrected chi connectivity index (χ3v) is 13.6. The van der Waals surface area contributed by atoms with Crippen LogP contribution in [0.2, 0.25) is 0 Å². The van der Waals surface area contributed by atoms with Crippen molar-refractivity contribution < 1.29 is 113 Å². The molecule has 3 saturated heterocycles. The Balaban J connectivity index is 1.64. The van der Waals surface area contributed by atoms with E-state index >= 15 is 0 Å². The van der Waals surface area contributed by atoms with E-state index in [4.69, 9.17) is 42.6 Å². The second-order valence-corrected chi connectivity index (χ2v) is 21.7. The molecule has 3 rings (SSSR count). The molecule has 28 nitrogen and oxygen atoms in total. The molecule has 0 aromatic heterocycles. The predicted molar refractivity (Wildman–Crippen MR) is 276 cm³/mol. The number of amides is 5.